The SMILES string of the molecule is Cc1ccc(-c2ccc3c(n2)N(C(=O)NC2CCOC2)[C@H]2CCN3C2)cn1.Cc1ccc(-c2ccc3c(n2)N[C@H]2CCN3C2)cn1.NC1CCOC1. The second-order valence-corrected chi connectivity index (χ2v) is 14.4. The maximum absolute atomic E-state index is 13.1. The van der Waals surface area contributed by atoms with Gasteiger partial charge >= 0.3 is 6.03 Å². The third kappa shape index (κ3) is 7.39. The van der Waals surface area contributed by atoms with Gasteiger partial charge < -0.3 is 35.6 Å². The first kappa shape index (κ1) is 34.2. The minimum atomic E-state index is -0.0648. The largest absolute Gasteiger partial charge is 0.380 e. The van der Waals surface area contributed by atoms with E-state index in [1.54, 1.807) is 0 Å². The summed E-state index contributed by atoms with van der Waals surface area (Å²) in [6.07, 6.45) is 7.81. The summed E-state index contributed by atoms with van der Waals surface area (Å²) in [4.78, 5) is 38.1. The molecular weight excluding hydrogens is 656 g/mol. The van der Waals surface area contributed by atoms with Gasteiger partial charge in [-0.15, -0.1) is 0 Å². The molecule has 4 bridgehead atoms. The number of aryl methyl sites for hydroxylation is 2. The minimum Gasteiger partial charge on any atom is -0.380 e. The first-order valence-corrected chi connectivity index (χ1v) is 18.5. The second-order valence-electron chi connectivity index (χ2n) is 14.4. The number of amides is 2. The van der Waals surface area contributed by atoms with Crippen LogP contribution in [0, 0.1) is 13.8 Å². The van der Waals surface area contributed by atoms with Crippen molar-refractivity contribution < 1.29 is 14.3 Å². The van der Waals surface area contributed by atoms with Crippen molar-refractivity contribution in [3.05, 3.63) is 72.3 Å². The lowest BCUT2D eigenvalue weighted by Crippen LogP contribution is -2.53. The molecule has 6 aliphatic heterocycles. The standard InChI is InChI=1S/C20H23N5O2.C15H16N4.C4H9NO/c1-13-2-3-14(10-21-13)17-4-5-18-19(23-17)25(16-6-8-24(18)11-16)20(26)22-15-7-9-27-12-15;1-10-2-3-11(8-16-10)13-4-5-14-15(18-13)17-12-6-7-19(14)9-12;5-4-1-2-6-3-4/h2-5,10,15-16H,6-9,11-12H2,1H3,(H,22,26);2-5,8,12H,6-7,9H2,1H3,(H,17,18);4H,1-3,5H2/t15?,16-;12-;/m00./s1. The summed E-state index contributed by atoms with van der Waals surface area (Å²) >= 11 is 0. The quantitative estimate of drug-likeness (QED) is 0.276. The van der Waals surface area contributed by atoms with Crippen molar-refractivity contribution in [3.63, 3.8) is 0 Å². The van der Waals surface area contributed by atoms with E-state index in [4.69, 9.17) is 25.2 Å². The van der Waals surface area contributed by atoms with Gasteiger partial charge in [-0.25, -0.2) is 14.8 Å². The van der Waals surface area contributed by atoms with Crippen LogP contribution in [0.5, 0.6) is 0 Å². The predicted octanol–water partition coefficient (Wildman–Crippen LogP) is 4.54. The number of pyridine rings is 4. The van der Waals surface area contributed by atoms with Crippen LogP contribution in [0.1, 0.15) is 37.1 Å². The molecule has 4 atom stereocenters. The maximum atomic E-state index is 13.1. The topological polar surface area (TPSA) is 147 Å². The summed E-state index contributed by atoms with van der Waals surface area (Å²) in [5.74, 6) is 1.77. The first-order chi connectivity index (χ1) is 25.4. The molecule has 272 valence electrons. The van der Waals surface area contributed by atoms with Crippen molar-refractivity contribution >= 4 is 29.0 Å². The Kier molecular flexibility index (Phi) is 9.89. The van der Waals surface area contributed by atoms with E-state index < -0.39 is 0 Å². The summed E-state index contributed by atoms with van der Waals surface area (Å²) < 4.78 is 10.3. The van der Waals surface area contributed by atoms with E-state index in [2.05, 4.69) is 54.7 Å². The Hall–Kier alpha value is -4.85. The van der Waals surface area contributed by atoms with Crippen molar-refractivity contribution in [1.29, 1.82) is 0 Å². The average molecular weight is 705 g/mol. The fourth-order valence-electron chi connectivity index (χ4n) is 7.58. The van der Waals surface area contributed by atoms with E-state index in [0.29, 0.717) is 25.3 Å². The molecule has 52 heavy (non-hydrogen) atoms. The number of aromatic nitrogens is 4. The lowest BCUT2D eigenvalue weighted by Gasteiger charge is -2.36. The molecule has 4 N–H and O–H groups in total. The monoisotopic (exact) mass is 704 g/mol. The third-order valence-electron chi connectivity index (χ3n) is 10.6. The number of ether oxygens (including phenoxy) is 2. The summed E-state index contributed by atoms with van der Waals surface area (Å²) in [6, 6.07) is 17.5. The van der Waals surface area contributed by atoms with Gasteiger partial charge in [0.25, 0.3) is 0 Å². The lowest BCUT2D eigenvalue weighted by molar-refractivity contribution is 0.189. The zero-order valence-corrected chi connectivity index (χ0v) is 30.0. The Balaban J connectivity index is 0.000000134. The predicted molar refractivity (Wildman–Crippen MR) is 203 cm³/mol. The molecule has 10 rings (SSSR count). The number of urea groups is 1. The van der Waals surface area contributed by atoms with Crippen LogP contribution < -0.4 is 31.1 Å². The van der Waals surface area contributed by atoms with Crippen LogP contribution in [0.25, 0.3) is 22.5 Å². The van der Waals surface area contributed by atoms with Crippen LogP contribution >= 0.6 is 0 Å². The van der Waals surface area contributed by atoms with E-state index in [1.165, 1.54) is 12.1 Å². The zero-order chi connectivity index (χ0) is 35.6. The third-order valence-corrected chi connectivity index (χ3v) is 10.6. The Labute approximate surface area is 304 Å². The molecule has 4 aromatic heterocycles. The van der Waals surface area contributed by atoms with Gasteiger partial charge in [-0.3, -0.25) is 14.9 Å². The van der Waals surface area contributed by atoms with Crippen molar-refractivity contribution in [3.8, 4) is 22.5 Å². The smallest absolute Gasteiger partial charge is 0.323 e. The molecule has 4 fully saturated rings. The minimum absolute atomic E-state index is 0.0648. The number of hydrogen-bond acceptors (Lipinski definition) is 11. The van der Waals surface area contributed by atoms with Gasteiger partial charge in [-0.1, -0.05) is 0 Å². The van der Waals surface area contributed by atoms with Crippen LogP contribution in [-0.2, 0) is 9.47 Å². The maximum Gasteiger partial charge on any atom is 0.323 e. The van der Waals surface area contributed by atoms with Crippen LogP contribution in [0.2, 0.25) is 0 Å². The lowest BCUT2D eigenvalue weighted by atomic mass is 10.1. The van der Waals surface area contributed by atoms with Crippen molar-refractivity contribution in [2.45, 2.75) is 63.7 Å². The van der Waals surface area contributed by atoms with Crippen LogP contribution in [0.15, 0.2) is 60.9 Å². The summed E-state index contributed by atoms with van der Waals surface area (Å²) in [5, 5.41) is 6.67. The van der Waals surface area contributed by atoms with Crippen molar-refractivity contribution in [2.75, 3.05) is 72.6 Å². The van der Waals surface area contributed by atoms with Gasteiger partial charge in [0.2, 0.25) is 0 Å². The van der Waals surface area contributed by atoms with Crippen LogP contribution in [0.3, 0.4) is 0 Å². The van der Waals surface area contributed by atoms with Gasteiger partial charge in [0, 0.05) is 86.4 Å². The Morgan fingerprint density at radius 2 is 1.46 bits per heavy atom. The fourth-order valence-corrected chi connectivity index (χ4v) is 7.58. The van der Waals surface area contributed by atoms with Gasteiger partial charge in [0.15, 0.2) is 11.6 Å². The van der Waals surface area contributed by atoms with E-state index in [0.717, 1.165) is 110 Å². The number of fused-ring (bicyclic) bond motifs is 8. The summed E-state index contributed by atoms with van der Waals surface area (Å²) in [5.41, 5.74) is 13.5. The van der Waals surface area contributed by atoms with Crippen LogP contribution in [0.4, 0.5) is 27.8 Å². The van der Waals surface area contributed by atoms with Gasteiger partial charge in [0.05, 0.1) is 48.1 Å². The Morgan fingerprint density at radius 3 is 2.10 bits per heavy atom. The highest BCUT2D eigenvalue weighted by Crippen LogP contribution is 2.40. The van der Waals surface area contributed by atoms with Crippen molar-refractivity contribution in [2.24, 2.45) is 5.73 Å². The van der Waals surface area contributed by atoms with Gasteiger partial charge in [-0.05, 0) is 88.1 Å². The van der Waals surface area contributed by atoms with E-state index in [9.17, 15) is 4.79 Å². The number of hydrogen-bond donors (Lipinski definition) is 3. The number of carbonyl (C=O) groups is 1. The molecular formula is C39H48N10O3. The number of nitrogens with zero attached hydrogens (tertiary/aromatic N) is 7. The number of nitrogens with one attached hydrogen (secondary N) is 2. The fraction of sp³-hybridized carbons (Fsp3) is 0.462. The second kappa shape index (κ2) is 15.0. The molecule has 4 saturated heterocycles. The molecule has 4 aromatic rings. The molecule has 0 radical (unpaired) electrons. The Bertz CT molecular complexity index is 1860. The van der Waals surface area contributed by atoms with Gasteiger partial charge in [-0.2, -0.15) is 0 Å². The molecule has 13 nitrogen and oxygen atoms in total. The van der Waals surface area contributed by atoms with E-state index >= 15 is 0 Å². The summed E-state index contributed by atoms with van der Waals surface area (Å²) in [7, 11) is 0. The average Bonchev–Trinajstić information content (AvgIpc) is 4.00. The zero-order valence-electron chi connectivity index (χ0n) is 30.0. The van der Waals surface area contributed by atoms with Crippen molar-refractivity contribution in [1.82, 2.24) is 25.3 Å². The number of anilines is 4. The number of rotatable bonds is 3. The van der Waals surface area contributed by atoms with Crippen LogP contribution in [-0.4, -0.2) is 103 Å². The highest BCUT2D eigenvalue weighted by atomic mass is 16.5. The molecule has 0 aliphatic carbocycles. The Morgan fingerprint density at radius 1 is 0.788 bits per heavy atom. The molecule has 2 unspecified atom stereocenters. The van der Waals surface area contributed by atoms with E-state index in [1.807, 2.05) is 55.4 Å². The molecule has 0 aromatic carbocycles. The molecule has 6 aliphatic rings. The molecule has 13 heteroatoms. The highest BCUT2D eigenvalue weighted by Gasteiger charge is 2.41. The first-order valence-electron chi connectivity index (χ1n) is 18.5. The molecule has 0 spiro atoms. The van der Waals surface area contributed by atoms with Gasteiger partial charge in [0.1, 0.15) is 0 Å². The molecule has 10 heterocycles. The van der Waals surface area contributed by atoms with E-state index in [-0.39, 0.29) is 18.1 Å². The number of carbonyl (C=O) groups excluding carboxylic acids is 1. The molecule has 2 amide bonds. The number of nitrogens with two attached hydrogens (primary N) is 1. The molecule has 0 saturated carbocycles. The summed E-state index contributed by atoms with van der Waals surface area (Å²) in [6.45, 7) is 11.0. The normalized spacial score (nSPS) is 23.5. The highest BCUT2D eigenvalue weighted by molar-refractivity contribution is 5.97.